The molecule has 6 heteroatoms. The Bertz CT molecular complexity index is 2920. The molecular weight excluding hydrogens is 1010 g/mol. The molecule has 448 valence electrons. The highest BCUT2D eigenvalue weighted by Gasteiger charge is 2.31. The molecule has 7 aromatic rings. The van der Waals surface area contributed by atoms with E-state index in [-0.39, 0.29) is 5.41 Å². The first kappa shape index (κ1) is 67.1. The zero-order valence-electron chi connectivity index (χ0n) is 55.1. The topological polar surface area (TPSA) is 19.4 Å². The van der Waals surface area contributed by atoms with Gasteiger partial charge in [-0.25, -0.2) is 0 Å². The van der Waals surface area contributed by atoms with Crippen molar-refractivity contribution in [3.63, 3.8) is 0 Å². The van der Waals surface area contributed by atoms with Gasteiger partial charge in [0, 0.05) is 126 Å². The molecule has 0 spiro atoms. The summed E-state index contributed by atoms with van der Waals surface area (Å²) in [7, 11) is 17.0. The minimum Gasteiger partial charge on any atom is -0.378 e. The Labute approximate surface area is 507 Å². The third kappa shape index (κ3) is 18.4. The van der Waals surface area contributed by atoms with Crippen LogP contribution in [0.25, 0.3) is 44.5 Å². The van der Waals surface area contributed by atoms with Gasteiger partial charge in [-0.15, -0.1) is 0 Å². The van der Waals surface area contributed by atoms with Gasteiger partial charge >= 0.3 is 0 Å². The number of hydrogen-bond donors (Lipinski definition) is 0. The summed E-state index contributed by atoms with van der Waals surface area (Å²) in [5.74, 6) is 0. The monoisotopic (exact) mass is 1120 g/mol. The van der Waals surface area contributed by atoms with E-state index in [1.807, 2.05) is 13.8 Å². The van der Waals surface area contributed by atoms with E-state index >= 15 is 0 Å². The second kappa shape index (κ2) is 34.2. The van der Waals surface area contributed by atoms with Crippen LogP contribution in [0, 0.1) is 0 Å². The highest BCUT2D eigenvalue weighted by atomic mass is 15.2. The maximum atomic E-state index is 2.69. The van der Waals surface area contributed by atoms with Crippen LogP contribution in [-0.2, 0) is 5.41 Å². The molecular formula is C77H110N6. The number of rotatable bonds is 29. The first-order valence-corrected chi connectivity index (χ1v) is 32.2. The predicted octanol–water partition coefficient (Wildman–Crippen LogP) is 22.1. The first-order valence-electron chi connectivity index (χ1n) is 32.2. The fraction of sp³-hybridized carbons (Fsp3) is 0.455. The van der Waals surface area contributed by atoms with Gasteiger partial charge in [0.05, 0.1) is 0 Å². The van der Waals surface area contributed by atoms with E-state index in [1.54, 1.807) is 0 Å². The van der Waals surface area contributed by atoms with Gasteiger partial charge < -0.3 is 29.4 Å². The minimum absolute atomic E-state index is 0.0617. The van der Waals surface area contributed by atoms with Crippen LogP contribution >= 0.6 is 0 Å². The van der Waals surface area contributed by atoms with E-state index < -0.39 is 0 Å². The van der Waals surface area contributed by atoms with Crippen LogP contribution in [0.3, 0.4) is 0 Å². The van der Waals surface area contributed by atoms with Crippen molar-refractivity contribution in [1.29, 1.82) is 0 Å². The van der Waals surface area contributed by atoms with E-state index in [0.717, 1.165) is 38.8 Å². The maximum Gasteiger partial charge on any atom is 0.0499 e. The van der Waals surface area contributed by atoms with Crippen LogP contribution in [-0.4, -0.2) is 69.5 Å². The standard InChI is InChI=1S/C68H88N6.C7H16.C2H6/c1-14-18-20-22-45-73(65-48-55(51-27-36-57(37-28-51)69(6)7)35-44-63(65)53-31-40-59(41-32-53)71(10)11)61-25-24-26-62(50-61)74(46-23-21-19-15-2)66-49-56(52-29-38-58(39-30-52)70(8)9)47-64(68(5,16-3)17-4)67(66)54-33-42-60(43-34-54)72(12)13;1-3-5-7-6-4-2;1-2/h24-44,47-50H,14-23,45-46H2,1-13H3;3-7H2,1-2H3;1-2H3. The summed E-state index contributed by atoms with van der Waals surface area (Å²) in [5, 5.41) is 0. The van der Waals surface area contributed by atoms with Crippen molar-refractivity contribution in [2.75, 3.05) is 98.9 Å². The molecule has 0 saturated carbocycles. The second-order valence-electron chi connectivity index (χ2n) is 23.7. The normalized spacial score (nSPS) is 11.0. The summed E-state index contributed by atoms with van der Waals surface area (Å²) >= 11 is 0. The number of hydrogen-bond acceptors (Lipinski definition) is 6. The molecule has 0 aliphatic carbocycles. The number of benzene rings is 7. The lowest BCUT2D eigenvalue weighted by Crippen LogP contribution is -2.25. The van der Waals surface area contributed by atoms with E-state index in [2.05, 4.69) is 286 Å². The smallest absolute Gasteiger partial charge is 0.0499 e. The molecule has 0 N–H and O–H groups in total. The summed E-state index contributed by atoms with van der Waals surface area (Å²) < 4.78 is 0. The lowest BCUT2D eigenvalue weighted by Gasteiger charge is -2.36. The van der Waals surface area contributed by atoms with Gasteiger partial charge in [0.2, 0.25) is 0 Å². The van der Waals surface area contributed by atoms with E-state index in [1.165, 1.54) is 166 Å². The summed E-state index contributed by atoms with van der Waals surface area (Å²) in [6.07, 6.45) is 18.5. The van der Waals surface area contributed by atoms with Crippen molar-refractivity contribution in [3.05, 3.63) is 157 Å². The maximum absolute atomic E-state index is 2.69. The number of nitrogens with zero attached hydrogens (tertiary/aromatic N) is 6. The Morgan fingerprint density at radius 1 is 0.313 bits per heavy atom. The molecule has 83 heavy (non-hydrogen) atoms. The first-order chi connectivity index (χ1) is 40.1. The van der Waals surface area contributed by atoms with Gasteiger partial charge in [-0.2, -0.15) is 0 Å². The largest absolute Gasteiger partial charge is 0.378 e. The van der Waals surface area contributed by atoms with Gasteiger partial charge in [-0.3, -0.25) is 0 Å². The quantitative estimate of drug-likeness (QED) is 0.0432. The zero-order valence-corrected chi connectivity index (χ0v) is 55.1. The van der Waals surface area contributed by atoms with E-state index in [0.29, 0.717) is 0 Å². The summed E-state index contributed by atoms with van der Waals surface area (Å²) in [5.41, 5.74) is 21.1. The van der Waals surface area contributed by atoms with Crippen LogP contribution in [0.2, 0.25) is 0 Å². The average molecular weight is 1120 g/mol. The Morgan fingerprint density at radius 3 is 1.06 bits per heavy atom. The predicted molar refractivity (Wildman–Crippen MR) is 374 cm³/mol. The third-order valence-electron chi connectivity index (χ3n) is 16.8. The molecule has 0 amide bonds. The van der Waals surface area contributed by atoms with Crippen molar-refractivity contribution in [1.82, 2.24) is 0 Å². The van der Waals surface area contributed by atoms with Crippen LogP contribution in [0.1, 0.15) is 164 Å². The molecule has 0 aliphatic rings. The molecule has 0 fully saturated rings. The van der Waals surface area contributed by atoms with Crippen LogP contribution < -0.4 is 29.4 Å². The van der Waals surface area contributed by atoms with Crippen molar-refractivity contribution >= 4 is 45.5 Å². The third-order valence-corrected chi connectivity index (χ3v) is 16.8. The van der Waals surface area contributed by atoms with Crippen molar-refractivity contribution in [3.8, 4) is 44.5 Å². The lowest BCUT2D eigenvalue weighted by atomic mass is 9.73. The Morgan fingerprint density at radius 2 is 0.663 bits per heavy atom. The molecule has 6 nitrogen and oxygen atoms in total. The molecule has 7 rings (SSSR count). The molecule has 0 aliphatic heterocycles. The Balaban J connectivity index is 0.00000130. The second-order valence-corrected chi connectivity index (χ2v) is 23.7. The lowest BCUT2D eigenvalue weighted by molar-refractivity contribution is 0.440. The number of unbranched alkanes of at least 4 members (excludes halogenated alkanes) is 10. The van der Waals surface area contributed by atoms with Gasteiger partial charge in [0.15, 0.2) is 0 Å². The number of anilines is 8. The van der Waals surface area contributed by atoms with E-state index in [4.69, 9.17) is 0 Å². The van der Waals surface area contributed by atoms with Crippen LogP contribution in [0.5, 0.6) is 0 Å². The Hall–Kier alpha value is -6.66. The van der Waals surface area contributed by atoms with E-state index in [9.17, 15) is 0 Å². The molecule has 0 saturated heterocycles. The van der Waals surface area contributed by atoms with Crippen LogP contribution in [0.4, 0.5) is 45.5 Å². The summed E-state index contributed by atoms with van der Waals surface area (Å²) in [6.45, 7) is 22.2. The SMILES string of the molecule is CC.CCCCCCC.CCCCCCN(c1cccc(N(CCCCCC)c2cc(-c3ccc(N(C)C)cc3)cc(C(C)(CC)CC)c2-c2ccc(N(C)C)cc2)c1)c1cc(-c2ccc(N(C)C)cc2)ccc1-c1ccc(N(C)C)cc1. The highest BCUT2D eigenvalue weighted by Crippen LogP contribution is 2.49. The molecule has 0 bridgehead atoms. The minimum atomic E-state index is -0.0617. The fourth-order valence-electron chi connectivity index (χ4n) is 11.0. The zero-order chi connectivity index (χ0) is 60.5. The summed E-state index contributed by atoms with van der Waals surface area (Å²) in [4.78, 5) is 14.1. The Kier molecular flexibility index (Phi) is 27.7. The van der Waals surface area contributed by atoms with Crippen LogP contribution in [0.15, 0.2) is 152 Å². The van der Waals surface area contributed by atoms with Gasteiger partial charge in [0.25, 0.3) is 0 Å². The van der Waals surface area contributed by atoms with Gasteiger partial charge in [-0.1, -0.05) is 200 Å². The van der Waals surface area contributed by atoms with Crippen molar-refractivity contribution < 1.29 is 0 Å². The van der Waals surface area contributed by atoms with Crippen molar-refractivity contribution in [2.24, 2.45) is 0 Å². The molecule has 0 aromatic heterocycles. The average Bonchev–Trinajstić information content (AvgIpc) is 3.55. The molecule has 0 atom stereocenters. The fourth-order valence-corrected chi connectivity index (χ4v) is 11.0. The van der Waals surface area contributed by atoms with Gasteiger partial charge in [-0.05, 0) is 155 Å². The summed E-state index contributed by atoms with van der Waals surface area (Å²) in [6, 6.07) is 58.4. The van der Waals surface area contributed by atoms with Crippen molar-refractivity contribution in [2.45, 2.75) is 164 Å². The molecule has 0 radical (unpaired) electrons. The van der Waals surface area contributed by atoms with Gasteiger partial charge in [0.1, 0.15) is 0 Å². The molecule has 0 unspecified atom stereocenters. The molecule has 7 aromatic carbocycles. The molecule has 0 heterocycles. The highest BCUT2D eigenvalue weighted by molar-refractivity contribution is 5.92.